The number of amidine groups is 1. The van der Waals surface area contributed by atoms with Crippen molar-refractivity contribution in [3.63, 3.8) is 0 Å². The summed E-state index contributed by atoms with van der Waals surface area (Å²) >= 11 is 1.59. The van der Waals surface area contributed by atoms with Crippen LogP contribution < -0.4 is 15.0 Å². The average Bonchev–Trinajstić information content (AvgIpc) is 3.47. The monoisotopic (exact) mass is 648 g/mol. The van der Waals surface area contributed by atoms with Crippen LogP contribution in [0.5, 0.6) is 5.75 Å². The number of halogens is 3. The molecular weight excluding hydrogens is 613 g/mol. The molecule has 1 aliphatic heterocycles. The Morgan fingerprint density at radius 2 is 1.83 bits per heavy atom. The standard InChI is InChI=1S/C34H35F3N6O2S/c1-21(2)29-15-6-22(3)18-30(29)43-24(5)16-17-46-33(43)40-32(44)39-23(4)19-25-7-9-26(10-8-25)31-38-20-42(41-31)27-11-13-28(14-12-27)45-34(35,36)37/h6-15,18-21,24H,16-17H2,1-5H3,(H,39,44)/b23-19+,40-33?. The maximum atomic E-state index is 13.1. The number of thioether (sulfide) groups is 1. The zero-order chi connectivity index (χ0) is 33.0. The van der Waals surface area contributed by atoms with E-state index >= 15 is 0 Å². The highest BCUT2D eigenvalue weighted by atomic mass is 32.2. The Balaban J connectivity index is 1.26. The topological polar surface area (TPSA) is 84.6 Å². The SMILES string of the molecule is C/C(=C\c1ccc(-c2ncn(-c3ccc(OC(F)(F)F)cc3)n2)cc1)NC(=O)N=C1SCCC(C)N1c1cc(C)ccc1C(C)C. The third-order valence-corrected chi connectivity index (χ3v) is 8.35. The van der Waals surface area contributed by atoms with E-state index in [1.54, 1.807) is 11.8 Å². The van der Waals surface area contributed by atoms with Gasteiger partial charge in [0.05, 0.1) is 5.69 Å². The number of aliphatic imine (C=N–C) groups is 1. The maximum absolute atomic E-state index is 13.1. The zero-order valence-electron chi connectivity index (χ0n) is 26.2. The molecular formula is C34H35F3N6O2S. The molecule has 240 valence electrons. The number of benzene rings is 3. The largest absolute Gasteiger partial charge is 0.573 e. The van der Waals surface area contributed by atoms with Gasteiger partial charge in [-0.05, 0) is 86.2 Å². The van der Waals surface area contributed by atoms with Gasteiger partial charge in [-0.25, -0.2) is 14.5 Å². The number of urea groups is 1. The number of anilines is 1. The lowest BCUT2D eigenvalue weighted by atomic mass is 9.98. The summed E-state index contributed by atoms with van der Waals surface area (Å²) in [5.74, 6) is 1.36. The maximum Gasteiger partial charge on any atom is 0.573 e. The molecule has 12 heteroatoms. The van der Waals surface area contributed by atoms with Crippen molar-refractivity contribution in [3.8, 4) is 22.8 Å². The first-order chi connectivity index (χ1) is 21.9. The molecule has 1 aliphatic rings. The van der Waals surface area contributed by atoms with Crippen LogP contribution in [0.1, 0.15) is 56.7 Å². The first-order valence-electron chi connectivity index (χ1n) is 14.8. The number of rotatable bonds is 7. The Kier molecular flexibility index (Phi) is 9.85. The van der Waals surface area contributed by atoms with Crippen molar-refractivity contribution in [2.24, 2.45) is 4.99 Å². The quantitative estimate of drug-likeness (QED) is 0.216. The number of aromatic nitrogens is 3. The first kappa shape index (κ1) is 32.8. The highest BCUT2D eigenvalue weighted by molar-refractivity contribution is 8.14. The van der Waals surface area contributed by atoms with Crippen LogP contribution in [0.3, 0.4) is 0 Å². The van der Waals surface area contributed by atoms with Gasteiger partial charge in [-0.2, -0.15) is 4.99 Å². The normalized spacial score (nSPS) is 16.6. The molecule has 0 saturated carbocycles. The Morgan fingerprint density at radius 3 is 2.50 bits per heavy atom. The minimum atomic E-state index is -4.75. The number of allylic oxidation sites excluding steroid dienone is 1. The van der Waals surface area contributed by atoms with E-state index < -0.39 is 12.4 Å². The molecule has 1 unspecified atom stereocenters. The van der Waals surface area contributed by atoms with Crippen LogP contribution in [0, 0.1) is 6.92 Å². The molecule has 1 fully saturated rings. The molecule has 0 spiro atoms. The lowest BCUT2D eigenvalue weighted by molar-refractivity contribution is -0.274. The van der Waals surface area contributed by atoms with E-state index in [0.717, 1.165) is 34.6 Å². The van der Waals surface area contributed by atoms with Crippen LogP contribution in [0.25, 0.3) is 23.2 Å². The third-order valence-electron chi connectivity index (χ3n) is 7.36. The van der Waals surface area contributed by atoms with Crippen molar-refractivity contribution >= 4 is 34.7 Å². The minimum absolute atomic E-state index is 0.210. The van der Waals surface area contributed by atoms with Crippen LogP contribution >= 0.6 is 11.8 Å². The summed E-state index contributed by atoms with van der Waals surface area (Å²) in [6.45, 7) is 10.4. The van der Waals surface area contributed by atoms with Crippen molar-refractivity contribution in [1.82, 2.24) is 20.1 Å². The molecule has 8 nitrogen and oxygen atoms in total. The summed E-state index contributed by atoms with van der Waals surface area (Å²) in [5, 5.41) is 8.03. The summed E-state index contributed by atoms with van der Waals surface area (Å²) < 4.78 is 42.7. The fourth-order valence-electron chi connectivity index (χ4n) is 5.10. The van der Waals surface area contributed by atoms with Gasteiger partial charge in [0.25, 0.3) is 0 Å². The van der Waals surface area contributed by atoms with Gasteiger partial charge in [0, 0.05) is 28.7 Å². The van der Waals surface area contributed by atoms with Crippen LogP contribution in [0.4, 0.5) is 23.7 Å². The number of aryl methyl sites for hydroxylation is 1. The van der Waals surface area contributed by atoms with Gasteiger partial charge in [0.1, 0.15) is 12.1 Å². The van der Waals surface area contributed by atoms with Crippen LogP contribution in [0.2, 0.25) is 0 Å². The van der Waals surface area contributed by atoms with Crippen LogP contribution in [0.15, 0.2) is 83.7 Å². The van der Waals surface area contributed by atoms with Gasteiger partial charge in [-0.3, -0.25) is 0 Å². The van der Waals surface area contributed by atoms with Crippen molar-refractivity contribution in [2.75, 3.05) is 10.7 Å². The zero-order valence-corrected chi connectivity index (χ0v) is 27.0. The highest BCUT2D eigenvalue weighted by Gasteiger charge is 2.31. The number of amides is 2. The number of nitrogens with zero attached hydrogens (tertiary/aromatic N) is 5. The Hall–Kier alpha value is -4.58. The number of alkyl halides is 3. The van der Waals surface area contributed by atoms with E-state index in [1.165, 1.54) is 40.8 Å². The summed E-state index contributed by atoms with van der Waals surface area (Å²) in [7, 11) is 0. The molecule has 1 atom stereocenters. The highest BCUT2D eigenvalue weighted by Crippen LogP contribution is 2.35. The average molecular weight is 649 g/mol. The van der Waals surface area contributed by atoms with Gasteiger partial charge in [-0.1, -0.05) is 62.0 Å². The molecule has 0 bridgehead atoms. The Morgan fingerprint density at radius 1 is 1.11 bits per heavy atom. The summed E-state index contributed by atoms with van der Waals surface area (Å²) in [6.07, 6.45) is -0.421. The number of hydrogen-bond donors (Lipinski definition) is 1. The summed E-state index contributed by atoms with van der Waals surface area (Å²) in [4.78, 5) is 24.1. The molecule has 2 amide bonds. The molecule has 1 N–H and O–H groups in total. The fourth-order valence-corrected chi connectivity index (χ4v) is 6.31. The number of carbonyl (C=O) groups is 1. The van der Waals surface area contributed by atoms with E-state index in [9.17, 15) is 18.0 Å². The molecule has 3 aromatic carbocycles. The number of ether oxygens (including phenoxy) is 1. The van der Waals surface area contributed by atoms with Gasteiger partial charge >= 0.3 is 12.4 Å². The number of carbonyl (C=O) groups excluding carboxylic acids is 1. The minimum Gasteiger partial charge on any atom is -0.406 e. The molecule has 0 radical (unpaired) electrons. The molecule has 0 aliphatic carbocycles. The van der Waals surface area contributed by atoms with Crippen molar-refractivity contribution in [1.29, 1.82) is 0 Å². The predicted octanol–water partition coefficient (Wildman–Crippen LogP) is 8.72. The lowest BCUT2D eigenvalue weighted by Gasteiger charge is -2.37. The van der Waals surface area contributed by atoms with Crippen LogP contribution in [-0.4, -0.2) is 44.1 Å². The van der Waals surface area contributed by atoms with Gasteiger partial charge < -0.3 is 15.0 Å². The molecule has 2 heterocycles. The molecule has 46 heavy (non-hydrogen) atoms. The lowest BCUT2D eigenvalue weighted by Crippen LogP contribution is -2.42. The molecule has 1 saturated heterocycles. The van der Waals surface area contributed by atoms with Crippen molar-refractivity contribution in [2.45, 2.75) is 59.4 Å². The third kappa shape index (κ3) is 8.16. The smallest absolute Gasteiger partial charge is 0.406 e. The van der Waals surface area contributed by atoms with E-state index in [0.29, 0.717) is 28.3 Å². The summed E-state index contributed by atoms with van der Waals surface area (Å²) in [5.41, 5.74) is 6.27. The second-order valence-corrected chi connectivity index (χ2v) is 12.5. The van der Waals surface area contributed by atoms with Crippen molar-refractivity contribution < 1.29 is 22.7 Å². The Labute approximate surface area is 270 Å². The van der Waals surface area contributed by atoms with E-state index in [2.05, 4.69) is 75.9 Å². The number of hydrogen-bond acceptors (Lipinski definition) is 5. The van der Waals surface area contributed by atoms with E-state index in [4.69, 9.17) is 0 Å². The molecule has 1 aromatic heterocycles. The second-order valence-electron chi connectivity index (χ2n) is 11.4. The van der Waals surface area contributed by atoms with E-state index in [-0.39, 0.29) is 11.8 Å². The number of nitrogens with one attached hydrogen (secondary N) is 1. The fraction of sp³-hybridized carbons (Fsp3) is 0.294. The summed E-state index contributed by atoms with van der Waals surface area (Å²) in [6, 6.07) is 19.1. The Bertz CT molecular complexity index is 1750. The second kappa shape index (κ2) is 13.8. The van der Waals surface area contributed by atoms with Gasteiger partial charge in [0.15, 0.2) is 11.0 Å². The first-order valence-corrected chi connectivity index (χ1v) is 15.8. The molecule has 4 aromatic rings. The predicted molar refractivity (Wildman–Crippen MR) is 177 cm³/mol. The molecule has 5 rings (SSSR count). The van der Waals surface area contributed by atoms with Gasteiger partial charge in [-0.15, -0.1) is 18.3 Å². The van der Waals surface area contributed by atoms with E-state index in [1.807, 2.05) is 37.3 Å². The van der Waals surface area contributed by atoms with Crippen molar-refractivity contribution in [3.05, 3.63) is 95.4 Å². The van der Waals surface area contributed by atoms with Gasteiger partial charge in [0.2, 0.25) is 0 Å². The van der Waals surface area contributed by atoms with Crippen LogP contribution in [-0.2, 0) is 0 Å².